The number of nitrogen functional groups attached to an aromatic ring is 1. The summed E-state index contributed by atoms with van der Waals surface area (Å²) < 4.78 is 5.07. The van der Waals surface area contributed by atoms with Crippen molar-refractivity contribution >= 4 is 28.9 Å². The molecule has 1 aromatic carbocycles. The minimum absolute atomic E-state index is 0.203. The van der Waals surface area contributed by atoms with Gasteiger partial charge >= 0.3 is 5.97 Å². The maximum atomic E-state index is 12.1. The Labute approximate surface area is 132 Å². The van der Waals surface area contributed by atoms with Crippen LogP contribution in [0.1, 0.15) is 50.9 Å². The van der Waals surface area contributed by atoms with Crippen LogP contribution in [0.5, 0.6) is 0 Å². The van der Waals surface area contributed by atoms with Crippen LogP contribution < -0.4 is 11.1 Å². The number of ether oxygens (including phenoxy) is 1. The fourth-order valence-electron chi connectivity index (χ4n) is 2.22. The van der Waals surface area contributed by atoms with Crippen molar-refractivity contribution in [2.45, 2.75) is 46.6 Å². The minimum atomic E-state index is -0.412. The van der Waals surface area contributed by atoms with Crippen LogP contribution in [0.4, 0.5) is 11.4 Å². The first kappa shape index (κ1) is 17.6. The van der Waals surface area contributed by atoms with Crippen molar-refractivity contribution in [1.29, 1.82) is 0 Å². The van der Waals surface area contributed by atoms with Gasteiger partial charge in [-0.3, -0.25) is 0 Å². The van der Waals surface area contributed by atoms with E-state index < -0.39 is 5.97 Å². The van der Waals surface area contributed by atoms with Crippen LogP contribution in [-0.2, 0) is 4.74 Å². The number of nitrogens with two attached hydrogens (primary N) is 1. The van der Waals surface area contributed by atoms with E-state index in [0.717, 1.165) is 12.8 Å². The molecule has 1 aromatic rings. The summed E-state index contributed by atoms with van der Waals surface area (Å²) in [6, 6.07) is 3.44. The predicted molar refractivity (Wildman–Crippen MR) is 89.0 cm³/mol. The van der Waals surface area contributed by atoms with Gasteiger partial charge in [0.15, 0.2) is 0 Å². The average Bonchev–Trinajstić information content (AvgIpc) is 2.41. The zero-order valence-electron chi connectivity index (χ0n) is 13.2. The number of hydrogen-bond donors (Lipinski definition) is 2. The third kappa shape index (κ3) is 5.12. The van der Waals surface area contributed by atoms with Gasteiger partial charge in [0.05, 0.1) is 22.9 Å². The Bertz CT molecular complexity index is 491. The number of halogens is 1. The standard InChI is InChI=1S/C16H25ClN2O2/c1-5-10(3)7-11(4)19-15-13(16(20)21-6-2)8-12(18)9-14(15)17/h8-11,19H,5-7,18H2,1-4H3. The van der Waals surface area contributed by atoms with E-state index in [2.05, 4.69) is 26.1 Å². The topological polar surface area (TPSA) is 64.3 Å². The van der Waals surface area contributed by atoms with E-state index in [1.807, 2.05) is 0 Å². The molecule has 2 unspecified atom stereocenters. The number of esters is 1. The molecule has 4 nitrogen and oxygen atoms in total. The van der Waals surface area contributed by atoms with E-state index in [9.17, 15) is 4.79 Å². The lowest BCUT2D eigenvalue weighted by molar-refractivity contribution is 0.0527. The molecule has 0 saturated carbocycles. The number of hydrogen-bond acceptors (Lipinski definition) is 4. The molecule has 2 atom stereocenters. The third-order valence-electron chi connectivity index (χ3n) is 3.45. The first-order valence-corrected chi connectivity index (χ1v) is 7.79. The molecule has 21 heavy (non-hydrogen) atoms. The Hall–Kier alpha value is -1.42. The second kappa shape index (κ2) is 8.13. The summed E-state index contributed by atoms with van der Waals surface area (Å²) in [5.74, 6) is 0.191. The van der Waals surface area contributed by atoms with Crippen LogP contribution in [0.2, 0.25) is 5.02 Å². The van der Waals surface area contributed by atoms with Crippen LogP contribution >= 0.6 is 11.6 Å². The maximum Gasteiger partial charge on any atom is 0.340 e. The van der Waals surface area contributed by atoms with E-state index in [0.29, 0.717) is 34.5 Å². The third-order valence-corrected chi connectivity index (χ3v) is 3.75. The van der Waals surface area contributed by atoms with Crippen molar-refractivity contribution in [3.63, 3.8) is 0 Å². The van der Waals surface area contributed by atoms with E-state index >= 15 is 0 Å². The van der Waals surface area contributed by atoms with Crippen LogP contribution in [-0.4, -0.2) is 18.6 Å². The van der Waals surface area contributed by atoms with Gasteiger partial charge in [0, 0.05) is 11.7 Å². The molecule has 0 aliphatic carbocycles. The highest BCUT2D eigenvalue weighted by atomic mass is 35.5. The van der Waals surface area contributed by atoms with Crippen LogP contribution in [0.15, 0.2) is 12.1 Å². The summed E-state index contributed by atoms with van der Waals surface area (Å²) in [5.41, 5.74) is 7.21. The molecule has 0 saturated heterocycles. The Balaban J connectivity index is 3.01. The van der Waals surface area contributed by atoms with Crippen molar-refractivity contribution < 1.29 is 9.53 Å². The van der Waals surface area contributed by atoms with Crippen LogP contribution in [0.3, 0.4) is 0 Å². The lowest BCUT2D eigenvalue weighted by Gasteiger charge is -2.21. The average molecular weight is 313 g/mol. The van der Waals surface area contributed by atoms with Crippen molar-refractivity contribution in [2.75, 3.05) is 17.7 Å². The first-order valence-electron chi connectivity index (χ1n) is 7.41. The highest BCUT2D eigenvalue weighted by molar-refractivity contribution is 6.34. The van der Waals surface area contributed by atoms with Gasteiger partial charge in [-0.1, -0.05) is 31.9 Å². The zero-order chi connectivity index (χ0) is 16.0. The number of rotatable bonds is 7. The molecule has 0 radical (unpaired) electrons. The summed E-state index contributed by atoms with van der Waals surface area (Å²) in [6.45, 7) is 8.53. The Morgan fingerprint density at radius 2 is 2.05 bits per heavy atom. The number of nitrogens with one attached hydrogen (secondary N) is 1. The van der Waals surface area contributed by atoms with Gasteiger partial charge in [-0.25, -0.2) is 4.79 Å². The molecule has 0 heterocycles. The zero-order valence-corrected chi connectivity index (χ0v) is 14.0. The van der Waals surface area contributed by atoms with Gasteiger partial charge in [-0.05, 0) is 38.3 Å². The summed E-state index contributed by atoms with van der Waals surface area (Å²) in [4.78, 5) is 12.1. The molecule has 0 aliphatic heterocycles. The number of benzene rings is 1. The first-order chi connectivity index (χ1) is 9.88. The molecule has 0 bridgehead atoms. The van der Waals surface area contributed by atoms with Gasteiger partial charge in [0.1, 0.15) is 0 Å². The fourth-order valence-corrected chi connectivity index (χ4v) is 2.50. The smallest absolute Gasteiger partial charge is 0.340 e. The normalized spacial score (nSPS) is 13.6. The lowest BCUT2D eigenvalue weighted by atomic mass is 10.00. The summed E-state index contributed by atoms with van der Waals surface area (Å²) in [7, 11) is 0. The van der Waals surface area contributed by atoms with Gasteiger partial charge < -0.3 is 15.8 Å². The Morgan fingerprint density at radius 1 is 1.38 bits per heavy atom. The highest BCUT2D eigenvalue weighted by Crippen LogP contribution is 2.31. The maximum absolute atomic E-state index is 12.1. The van der Waals surface area contributed by atoms with Crippen molar-refractivity contribution in [3.05, 3.63) is 22.7 Å². The molecule has 0 aromatic heterocycles. The number of carbonyl (C=O) groups excluding carboxylic acids is 1. The second-order valence-electron chi connectivity index (χ2n) is 5.44. The molecule has 3 N–H and O–H groups in total. The molecular formula is C16H25ClN2O2. The molecule has 0 spiro atoms. The minimum Gasteiger partial charge on any atom is -0.462 e. The molecule has 1 rings (SSSR count). The lowest BCUT2D eigenvalue weighted by Crippen LogP contribution is -2.21. The number of anilines is 2. The van der Waals surface area contributed by atoms with E-state index in [1.54, 1.807) is 19.1 Å². The monoisotopic (exact) mass is 312 g/mol. The SMILES string of the molecule is CCOC(=O)c1cc(N)cc(Cl)c1NC(C)CC(C)CC. The van der Waals surface area contributed by atoms with Gasteiger partial charge in [0.25, 0.3) is 0 Å². The van der Waals surface area contributed by atoms with E-state index in [-0.39, 0.29) is 6.04 Å². The fraction of sp³-hybridized carbons (Fsp3) is 0.562. The van der Waals surface area contributed by atoms with Crippen molar-refractivity contribution in [1.82, 2.24) is 0 Å². The molecule has 0 aliphatic rings. The van der Waals surface area contributed by atoms with Crippen LogP contribution in [0.25, 0.3) is 0 Å². The largest absolute Gasteiger partial charge is 0.462 e. The Morgan fingerprint density at radius 3 is 2.62 bits per heavy atom. The summed E-state index contributed by atoms with van der Waals surface area (Å²) in [6.07, 6.45) is 2.12. The molecule has 0 fully saturated rings. The molecule has 118 valence electrons. The highest BCUT2D eigenvalue weighted by Gasteiger charge is 2.19. The predicted octanol–water partition coefficient (Wildman–Crippen LogP) is 4.34. The van der Waals surface area contributed by atoms with Gasteiger partial charge in [0.2, 0.25) is 0 Å². The van der Waals surface area contributed by atoms with E-state index in [1.165, 1.54) is 0 Å². The second-order valence-corrected chi connectivity index (χ2v) is 5.85. The molecule has 0 amide bonds. The van der Waals surface area contributed by atoms with Crippen LogP contribution in [0, 0.1) is 5.92 Å². The number of carbonyl (C=O) groups is 1. The quantitative estimate of drug-likeness (QED) is 0.581. The summed E-state index contributed by atoms with van der Waals surface area (Å²) >= 11 is 6.24. The van der Waals surface area contributed by atoms with Crippen molar-refractivity contribution in [2.24, 2.45) is 5.92 Å². The van der Waals surface area contributed by atoms with E-state index in [4.69, 9.17) is 22.1 Å². The summed E-state index contributed by atoms with van der Waals surface area (Å²) in [5, 5.41) is 3.76. The van der Waals surface area contributed by atoms with Gasteiger partial charge in [-0.15, -0.1) is 0 Å². The molecular weight excluding hydrogens is 288 g/mol. The van der Waals surface area contributed by atoms with Gasteiger partial charge in [-0.2, -0.15) is 0 Å². The molecule has 5 heteroatoms. The Kier molecular flexibility index (Phi) is 6.82. The van der Waals surface area contributed by atoms with Crippen molar-refractivity contribution in [3.8, 4) is 0 Å².